The van der Waals surface area contributed by atoms with Gasteiger partial charge in [-0.2, -0.15) is 0 Å². The molecule has 5 unspecified atom stereocenters. The molecule has 7 aromatic rings. The van der Waals surface area contributed by atoms with Crippen molar-refractivity contribution < 1.29 is 83.0 Å². The van der Waals surface area contributed by atoms with Gasteiger partial charge in [-0.15, -0.1) is 0 Å². The summed E-state index contributed by atoms with van der Waals surface area (Å²) in [4.78, 5) is 134. The summed E-state index contributed by atoms with van der Waals surface area (Å²) in [5.41, 5.74) is -4.43. The molecule has 4 bridgehead atoms. The number of anilines is 7. The molecule has 0 spiro atoms. The Balaban J connectivity index is 0.000000125. The van der Waals surface area contributed by atoms with Crippen LogP contribution in [0, 0.1) is 23.7 Å². The van der Waals surface area contributed by atoms with Crippen LogP contribution in [-0.2, 0) is 75.8 Å². The van der Waals surface area contributed by atoms with Crippen molar-refractivity contribution >= 4 is 214 Å². The number of Topliss-reactive ketones (excluding diaryl/α,β-unsaturated/α-hetero) is 5. The van der Waals surface area contributed by atoms with Crippen LogP contribution in [0.5, 0.6) is 0 Å². The number of methoxy groups -OCH3 is 2. The van der Waals surface area contributed by atoms with E-state index in [0.29, 0.717) is 45.4 Å². The van der Waals surface area contributed by atoms with Gasteiger partial charge in [0.25, 0.3) is 29.5 Å². The zero-order valence-electron chi connectivity index (χ0n) is 72.5. The molecule has 2 saturated heterocycles. The van der Waals surface area contributed by atoms with Gasteiger partial charge in [-0.25, -0.2) is 0 Å². The van der Waals surface area contributed by atoms with E-state index in [4.69, 9.17) is 125 Å². The molecule has 14 aliphatic rings. The van der Waals surface area contributed by atoms with Crippen LogP contribution >= 0.6 is 116 Å². The van der Waals surface area contributed by atoms with E-state index < -0.39 is 81.2 Å². The van der Waals surface area contributed by atoms with E-state index in [1.807, 2.05) is 31.2 Å². The molecule has 696 valence electrons. The molecule has 0 aromatic heterocycles. The van der Waals surface area contributed by atoms with E-state index in [0.717, 1.165) is 133 Å². The predicted molar refractivity (Wildman–Crippen MR) is 507 cm³/mol. The summed E-state index contributed by atoms with van der Waals surface area (Å²) < 4.78 is 11.0. The van der Waals surface area contributed by atoms with Crippen molar-refractivity contribution in [3.63, 3.8) is 0 Å². The number of fused-ring (bicyclic) bond motifs is 11. The van der Waals surface area contributed by atoms with Crippen molar-refractivity contribution in [3.8, 4) is 0 Å². The number of benzene rings is 7. The van der Waals surface area contributed by atoms with Crippen molar-refractivity contribution in [1.82, 2.24) is 4.90 Å². The fourth-order valence-corrected chi connectivity index (χ4v) is 23.7. The van der Waals surface area contributed by atoms with Gasteiger partial charge in [0.15, 0.2) is 39.6 Å². The Kier molecular flexibility index (Phi) is 28.3. The summed E-state index contributed by atoms with van der Waals surface area (Å²) in [5, 5.41) is 70.5. The van der Waals surface area contributed by atoms with Crippen LogP contribution in [0.1, 0.15) is 208 Å². The van der Waals surface area contributed by atoms with E-state index in [1.54, 1.807) is 56.7 Å². The number of hydrogen-bond donors (Lipinski definition) is 10. The molecule has 7 saturated carbocycles. The molecule has 7 aliphatic carbocycles. The molecule has 7 heterocycles. The number of aliphatic hydroxyl groups is 5. The number of carbonyl (C=O) groups excluding carboxylic acids is 10. The van der Waals surface area contributed by atoms with Crippen LogP contribution in [0.2, 0.25) is 50.2 Å². The largest absolute Gasteiger partial charge is 0.381 e. The molecule has 5 atom stereocenters. The third-order valence-electron chi connectivity index (χ3n) is 29.5. The van der Waals surface area contributed by atoms with Gasteiger partial charge >= 0.3 is 0 Å². The Bertz CT molecular complexity index is 5800. The Morgan fingerprint density at radius 1 is 0.389 bits per heavy atom. The first-order chi connectivity index (χ1) is 62.0. The molecule has 7 aliphatic heterocycles. The van der Waals surface area contributed by atoms with Crippen molar-refractivity contribution in [3.05, 3.63) is 198 Å². The summed E-state index contributed by atoms with van der Waals surface area (Å²) in [6.07, 6.45) is 15.1. The van der Waals surface area contributed by atoms with Crippen LogP contribution in [0.3, 0.4) is 0 Å². The third-order valence-corrected chi connectivity index (χ3v) is 32.7. The maximum atomic E-state index is 13.3. The van der Waals surface area contributed by atoms with E-state index in [2.05, 4.69) is 55.4 Å². The smallest absolute Gasteiger partial charge is 0.261 e. The number of aryl methyl sites for hydroxylation is 1. The average molecular weight is 1990 g/mol. The van der Waals surface area contributed by atoms with Crippen molar-refractivity contribution in [2.75, 3.05) is 90.9 Å². The quantitative estimate of drug-likeness (QED) is 0.0317. The lowest BCUT2D eigenvalue weighted by Gasteiger charge is -2.55. The molecule has 131 heavy (non-hydrogen) atoms. The lowest BCUT2D eigenvalue weighted by atomic mass is 9.54. The maximum Gasteiger partial charge on any atom is 0.261 e. The summed E-state index contributed by atoms with van der Waals surface area (Å²) in [7, 11) is 7.61. The first-order valence-corrected chi connectivity index (χ1v) is 47.5. The second-order valence-corrected chi connectivity index (χ2v) is 40.9. The molecule has 0 radical (unpaired) electrons. The van der Waals surface area contributed by atoms with Gasteiger partial charge in [0, 0.05) is 157 Å². The van der Waals surface area contributed by atoms with Crippen molar-refractivity contribution in [2.24, 2.45) is 16.7 Å². The second kappa shape index (κ2) is 37.8. The van der Waals surface area contributed by atoms with Gasteiger partial charge in [-0.3, -0.25) is 47.9 Å². The minimum absolute atomic E-state index is 0.0453. The lowest BCUT2D eigenvalue weighted by Crippen LogP contribution is -2.56. The monoisotopic (exact) mass is 1990 g/mol. The van der Waals surface area contributed by atoms with Gasteiger partial charge in [-0.05, 0) is 252 Å². The average Bonchev–Trinajstić information content (AvgIpc) is 1.69. The molecule has 5 amide bonds. The number of rotatable bonds is 20. The highest BCUT2D eigenvalue weighted by molar-refractivity contribution is 6.42. The Morgan fingerprint density at radius 3 is 1.02 bits per heavy atom. The number of ketones is 5. The molecule has 10 N–H and O–H groups in total. The molecule has 35 heteroatoms. The van der Waals surface area contributed by atoms with Crippen LogP contribution in [0.4, 0.5) is 39.8 Å². The van der Waals surface area contributed by atoms with Crippen LogP contribution < -0.4 is 36.4 Å². The SMILES string of the molecule is CN(C)C12CCC(C(=O)CC3(O)C(=O)Nc4c(Cl)ccc(Cl)c43)(CC1)CC2.COC12CCC(C(=O)CC3(O)C(=O)Nc4c(Cl)ccc(Cl)c43)(CC1)CC2.COC1CCC(C(=O)CC2(O)C(=O)Nc3c(Cl)ccc(Cl)c32)CC1.Cc1cc(C(=O)CC2(O)C(=O)Nc3c(Cl)ccc(Cl)c32)ccc1N1CCCC1.O=C(CC1(O)C(=O)Nc2c(Cl)ccc(Cl)c21)c1ccc(N2CCC2)cc1. The van der Waals surface area contributed by atoms with Gasteiger partial charge in [0.1, 0.15) is 17.3 Å². The molecular weight excluding hydrogens is 1890 g/mol. The third kappa shape index (κ3) is 18.1. The van der Waals surface area contributed by atoms with E-state index in [9.17, 15) is 73.5 Å². The topological polar surface area (TPSA) is 360 Å². The van der Waals surface area contributed by atoms with E-state index >= 15 is 0 Å². The molecule has 9 fully saturated rings. The number of amides is 5. The van der Waals surface area contributed by atoms with Gasteiger partial charge in [0.05, 0.1) is 78.1 Å². The normalized spacial score (nSPS) is 28.2. The zero-order chi connectivity index (χ0) is 94.4. The van der Waals surface area contributed by atoms with Crippen LogP contribution in [-0.4, -0.2) is 161 Å². The lowest BCUT2D eigenvalue weighted by molar-refractivity contribution is -0.158. The first kappa shape index (κ1) is 97.9. The van der Waals surface area contributed by atoms with Gasteiger partial charge < -0.3 is 76.3 Å². The highest BCUT2D eigenvalue weighted by atomic mass is 35.5. The zero-order valence-corrected chi connectivity index (χ0v) is 80.1. The molecule has 25 nitrogen and oxygen atoms in total. The van der Waals surface area contributed by atoms with Crippen LogP contribution in [0.15, 0.2) is 103 Å². The standard InChI is InChI=1S/C21H20Cl2N2O3.C20H24Cl2N2O3.C19H16Cl2N2O3.C19H21Cl2NO4.C17H19Cl2NO4/c1-12-10-13(4-7-16(12)25-8-2-3-9-25)17(26)11-21(28)18-14(22)5-6-15(23)19(18)24-20(21)27;1-24(2)19-8-5-18(6-9-19,7-10-19)14(25)11-20(27)15-12(21)3-4-13(22)16(15)23-17(20)26;20-13-6-7-14(21)17-16(13)19(26,18(25)22-17)10-15(24)11-2-4-12(5-3-11)23-8-1-9-23;1-26-18-7-4-17(5-8-18,6-9-18)13(23)10-19(25)14-11(20)2-3-12(21)15(14)22-16(19)24;1-24-10-4-2-9(3-5-10)13(21)8-17(23)14-11(18)6-7-12(19)15(14)20-16(17)22/h4-7,10,28H,2-3,8-9,11H2,1H3,(H,24,27);3-4,27H,5-11H2,1-2H3,(H,23,26);2-7,26H,1,8-10H2,(H,22,25);2-3,25H,4-10H2,1H3,(H,22,24);6-7,9-10,23H,2-5,8H2,1H3,(H,20,22). The summed E-state index contributed by atoms with van der Waals surface area (Å²) >= 11 is 61.6. The summed E-state index contributed by atoms with van der Waals surface area (Å²) in [5.74, 6) is -4.45. The van der Waals surface area contributed by atoms with E-state index in [1.165, 1.54) is 55.7 Å². The van der Waals surface area contributed by atoms with Crippen molar-refractivity contribution in [1.29, 1.82) is 0 Å². The summed E-state index contributed by atoms with van der Waals surface area (Å²) in [6.45, 7) is 6.04. The number of hydrogen-bond acceptors (Lipinski definition) is 20. The first-order valence-electron chi connectivity index (χ1n) is 43.7. The number of nitrogens with one attached hydrogen (secondary N) is 5. The molecular formula is C96H100Cl10N8O17. The predicted octanol–water partition coefficient (Wildman–Crippen LogP) is 18.8. The highest BCUT2D eigenvalue weighted by Gasteiger charge is 2.60. The fraction of sp³-hybridized carbons (Fsp3) is 0.458. The number of carbonyl (C=O) groups is 10. The molecule has 7 aromatic carbocycles. The van der Waals surface area contributed by atoms with Gasteiger partial charge in [-0.1, -0.05) is 116 Å². The number of ether oxygens (including phenoxy) is 2. The maximum absolute atomic E-state index is 13.3. The van der Waals surface area contributed by atoms with E-state index in [-0.39, 0.29) is 156 Å². The Labute approximate surface area is 807 Å². The number of halogens is 10. The fourth-order valence-electron chi connectivity index (χ4n) is 21.1. The minimum atomic E-state index is -2.05. The van der Waals surface area contributed by atoms with Crippen LogP contribution in [0.25, 0.3) is 0 Å². The Hall–Kier alpha value is -7.58. The Morgan fingerprint density at radius 2 is 0.702 bits per heavy atom. The number of nitrogens with zero attached hydrogens (tertiary/aromatic N) is 3. The minimum Gasteiger partial charge on any atom is -0.381 e. The second-order valence-electron chi connectivity index (χ2n) is 36.9. The molecule has 21 rings (SSSR count). The van der Waals surface area contributed by atoms with Crippen molar-refractivity contribution in [2.45, 2.75) is 206 Å². The van der Waals surface area contributed by atoms with Gasteiger partial charge in [0.2, 0.25) is 0 Å². The summed E-state index contributed by atoms with van der Waals surface area (Å²) in [6, 6.07) is 28.0. The highest BCUT2D eigenvalue weighted by Crippen LogP contribution is 2.60.